The molecule has 0 spiro atoms. The van der Waals surface area contributed by atoms with Crippen LogP contribution in [0.3, 0.4) is 0 Å². The smallest absolute Gasteiger partial charge is 0.311 e. The molecule has 0 heterocycles. The van der Waals surface area contributed by atoms with Crippen molar-refractivity contribution < 1.29 is 19.2 Å². The Kier molecular flexibility index (Phi) is 7.50. The molecule has 0 aliphatic carbocycles. The highest BCUT2D eigenvalue weighted by molar-refractivity contribution is 6.01. The zero-order valence-electron chi connectivity index (χ0n) is 16.1. The van der Waals surface area contributed by atoms with E-state index in [4.69, 9.17) is 9.47 Å². The van der Waals surface area contributed by atoms with Gasteiger partial charge in [-0.3, -0.25) is 14.9 Å². The largest absolute Gasteiger partial charge is 0.494 e. The van der Waals surface area contributed by atoms with Gasteiger partial charge in [-0.25, -0.2) is 5.43 Å². The molecule has 0 fully saturated rings. The van der Waals surface area contributed by atoms with E-state index < -0.39 is 4.92 Å². The van der Waals surface area contributed by atoms with E-state index in [1.807, 2.05) is 6.92 Å². The number of nitro benzene ring substituents is 1. The molecule has 2 aromatic carbocycles. The van der Waals surface area contributed by atoms with Crippen molar-refractivity contribution in [2.24, 2.45) is 5.10 Å². The highest BCUT2D eigenvalue weighted by atomic mass is 16.6. The van der Waals surface area contributed by atoms with Gasteiger partial charge < -0.3 is 9.47 Å². The molecule has 2 rings (SSSR count). The lowest BCUT2D eigenvalue weighted by atomic mass is 10.1. The number of nitrogens with zero attached hydrogens (tertiary/aromatic N) is 2. The summed E-state index contributed by atoms with van der Waals surface area (Å²) < 4.78 is 10.7. The van der Waals surface area contributed by atoms with Crippen LogP contribution >= 0.6 is 0 Å². The van der Waals surface area contributed by atoms with Gasteiger partial charge in [0.05, 0.1) is 23.8 Å². The molecular weight excluding hydrogens is 362 g/mol. The molecule has 2 aromatic rings. The SMILES string of the molecule is CCCOc1ccc(C(=O)N/N=C(\C)c2ccc(OCC)c([N+](=O)[O-])c2)cc1. The number of hydrogen-bond donors (Lipinski definition) is 1. The number of carbonyl (C=O) groups excluding carboxylic acids is 1. The van der Waals surface area contributed by atoms with Crippen molar-refractivity contribution in [2.45, 2.75) is 27.2 Å². The van der Waals surface area contributed by atoms with E-state index >= 15 is 0 Å². The fourth-order valence-electron chi connectivity index (χ4n) is 2.35. The molecule has 0 radical (unpaired) electrons. The first-order chi connectivity index (χ1) is 13.5. The molecule has 148 valence electrons. The third kappa shape index (κ3) is 5.54. The molecule has 0 saturated heterocycles. The summed E-state index contributed by atoms with van der Waals surface area (Å²) in [5.74, 6) is 0.500. The maximum Gasteiger partial charge on any atom is 0.311 e. The van der Waals surface area contributed by atoms with Crippen LogP contribution in [0.1, 0.15) is 43.1 Å². The first-order valence-electron chi connectivity index (χ1n) is 8.95. The summed E-state index contributed by atoms with van der Waals surface area (Å²) in [4.78, 5) is 22.9. The first kappa shape index (κ1) is 20.9. The summed E-state index contributed by atoms with van der Waals surface area (Å²) in [6.07, 6.45) is 0.903. The molecule has 0 bridgehead atoms. The highest BCUT2D eigenvalue weighted by Crippen LogP contribution is 2.28. The molecule has 8 nitrogen and oxygen atoms in total. The van der Waals surface area contributed by atoms with Gasteiger partial charge in [0.15, 0.2) is 5.75 Å². The lowest BCUT2D eigenvalue weighted by Gasteiger charge is -2.07. The summed E-state index contributed by atoms with van der Waals surface area (Å²) in [6.45, 7) is 6.36. The van der Waals surface area contributed by atoms with Crippen molar-refractivity contribution in [1.29, 1.82) is 0 Å². The molecule has 0 aromatic heterocycles. The summed E-state index contributed by atoms with van der Waals surface area (Å²) in [7, 11) is 0. The van der Waals surface area contributed by atoms with E-state index in [0.29, 0.717) is 35.8 Å². The first-order valence-corrected chi connectivity index (χ1v) is 8.95. The molecule has 8 heteroatoms. The van der Waals surface area contributed by atoms with Crippen molar-refractivity contribution in [3.63, 3.8) is 0 Å². The van der Waals surface area contributed by atoms with Gasteiger partial charge in [0.1, 0.15) is 5.75 Å². The molecule has 0 unspecified atom stereocenters. The maximum atomic E-state index is 12.2. The van der Waals surface area contributed by atoms with Crippen LogP contribution in [0.25, 0.3) is 0 Å². The minimum atomic E-state index is -0.511. The minimum absolute atomic E-state index is 0.150. The van der Waals surface area contributed by atoms with Gasteiger partial charge in [0, 0.05) is 17.2 Å². The van der Waals surface area contributed by atoms with Gasteiger partial charge in [0.25, 0.3) is 5.91 Å². The lowest BCUT2D eigenvalue weighted by molar-refractivity contribution is -0.385. The Bertz CT molecular complexity index is 863. The van der Waals surface area contributed by atoms with Gasteiger partial charge in [-0.2, -0.15) is 5.10 Å². The van der Waals surface area contributed by atoms with Crippen LogP contribution in [0, 0.1) is 10.1 Å². The maximum absolute atomic E-state index is 12.2. The minimum Gasteiger partial charge on any atom is -0.494 e. The van der Waals surface area contributed by atoms with E-state index in [1.165, 1.54) is 12.1 Å². The second-order valence-corrected chi connectivity index (χ2v) is 5.88. The van der Waals surface area contributed by atoms with Crippen LogP contribution < -0.4 is 14.9 Å². The average Bonchev–Trinajstić information content (AvgIpc) is 2.71. The standard InChI is InChI=1S/C20H23N3O5/c1-4-12-28-17-9-6-15(7-10-17)20(24)22-21-14(3)16-8-11-19(27-5-2)18(13-16)23(25)26/h6-11,13H,4-5,12H2,1-3H3,(H,22,24)/b21-14+. The Morgan fingerprint density at radius 2 is 1.79 bits per heavy atom. The molecule has 0 atom stereocenters. The second-order valence-electron chi connectivity index (χ2n) is 5.88. The summed E-state index contributed by atoms with van der Waals surface area (Å²) in [5.41, 5.74) is 3.68. The number of hydrogen-bond acceptors (Lipinski definition) is 6. The molecule has 0 saturated carbocycles. The van der Waals surface area contributed by atoms with E-state index in [0.717, 1.165) is 6.42 Å². The Morgan fingerprint density at radius 3 is 2.39 bits per heavy atom. The summed E-state index contributed by atoms with van der Waals surface area (Å²) >= 11 is 0. The van der Waals surface area contributed by atoms with Gasteiger partial charge in [0.2, 0.25) is 0 Å². The quantitative estimate of drug-likeness (QED) is 0.400. The van der Waals surface area contributed by atoms with E-state index in [-0.39, 0.29) is 17.3 Å². The topological polar surface area (TPSA) is 103 Å². The molecule has 0 aliphatic heterocycles. The van der Waals surface area contributed by atoms with Crippen LogP contribution in [0.5, 0.6) is 11.5 Å². The summed E-state index contributed by atoms with van der Waals surface area (Å²) in [6, 6.07) is 11.3. The van der Waals surface area contributed by atoms with Crippen LogP contribution in [-0.2, 0) is 0 Å². The van der Waals surface area contributed by atoms with E-state index in [2.05, 4.69) is 10.5 Å². The fourth-order valence-corrected chi connectivity index (χ4v) is 2.35. The average molecular weight is 385 g/mol. The zero-order chi connectivity index (χ0) is 20.5. The molecule has 1 N–H and O–H groups in total. The number of rotatable bonds is 9. The zero-order valence-corrected chi connectivity index (χ0v) is 16.1. The number of benzene rings is 2. The number of hydrazone groups is 1. The Balaban J connectivity index is 2.10. The lowest BCUT2D eigenvalue weighted by Crippen LogP contribution is -2.19. The van der Waals surface area contributed by atoms with Gasteiger partial charge in [-0.15, -0.1) is 0 Å². The fraction of sp³-hybridized carbons (Fsp3) is 0.300. The van der Waals surface area contributed by atoms with Gasteiger partial charge in [-0.1, -0.05) is 6.92 Å². The Labute approximate surface area is 163 Å². The van der Waals surface area contributed by atoms with Crippen molar-refractivity contribution >= 4 is 17.3 Å². The highest BCUT2D eigenvalue weighted by Gasteiger charge is 2.16. The molecule has 1 amide bonds. The molecular formula is C20H23N3O5. The van der Waals surface area contributed by atoms with Gasteiger partial charge in [-0.05, 0) is 56.7 Å². The molecule has 28 heavy (non-hydrogen) atoms. The molecule has 0 aliphatic rings. The second kappa shape index (κ2) is 10.1. The predicted octanol–water partition coefficient (Wildman–Crippen LogP) is 3.94. The monoisotopic (exact) mass is 385 g/mol. The Morgan fingerprint density at radius 1 is 1.11 bits per heavy atom. The van der Waals surface area contributed by atoms with Crippen molar-refractivity contribution in [1.82, 2.24) is 5.43 Å². The van der Waals surface area contributed by atoms with E-state index in [9.17, 15) is 14.9 Å². The van der Waals surface area contributed by atoms with Crippen molar-refractivity contribution in [3.8, 4) is 11.5 Å². The van der Waals surface area contributed by atoms with Crippen LogP contribution in [-0.4, -0.2) is 29.8 Å². The van der Waals surface area contributed by atoms with E-state index in [1.54, 1.807) is 44.2 Å². The summed E-state index contributed by atoms with van der Waals surface area (Å²) in [5, 5.41) is 15.3. The van der Waals surface area contributed by atoms with Crippen LogP contribution in [0.15, 0.2) is 47.6 Å². The third-order valence-corrected chi connectivity index (χ3v) is 3.79. The number of carbonyl (C=O) groups is 1. The normalized spacial score (nSPS) is 11.0. The predicted molar refractivity (Wildman–Crippen MR) is 106 cm³/mol. The number of amides is 1. The van der Waals surface area contributed by atoms with Crippen molar-refractivity contribution in [2.75, 3.05) is 13.2 Å². The third-order valence-electron chi connectivity index (χ3n) is 3.79. The number of nitro groups is 1. The van der Waals surface area contributed by atoms with Crippen molar-refractivity contribution in [3.05, 3.63) is 63.7 Å². The number of nitrogens with one attached hydrogen (secondary N) is 1. The van der Waals surface area contributed by atoms with Crippen LogP contribution in [0.2, 0.25) is 0 Å². The van der Waals surface area contributed by atoms with Gasteiger partial charge >= 0.3 is 5.69 Å². The van der Waals surface area contributed by atoms with Crippen LogP contribution in [0.4, 0.5) is 5.69 Å². The Hall–Kier alpha value is -3.42. The number of ether oxygens (including phenoxy) is 2.